The standard InChI is InChI=1S/C12H14N6OS2/c1-2-5-13-12(21)18-16-10(20)7-9-14-11(17-15-9)8-4-3-6-19-8/h2-4,6H,1,5,7H2,(H,16,20)(H2,13,18,21)(H,14,15,17). The number of aromatic amines is 1. The van der Waals surface area contributed by atoms with Crippen LogP contribution < -0.4 is 16.2 Å². The highest BCUT2D eigenvalue weighted by atomic mass is 32.1. The second-order valence-corrected chi connectivity index (χ2v) is 4.83. The quantitative estimate of drug-likeness (QED) is 0.369. The van der Waals surface area contributed by atoms with E-state index in [-0.39, 0.29) is 0 Å². The van der Waals surface area contributed by atoms with Crippen LogP contribution in [0.2, 0.25) is 0 Å². The Labute approximate surface area is 132 Å². The fourth-order valence-electron chi connectivity index (χ4n) is 1.42. The lowest BCUT2D eigenvalue weighted by Crippen LogP contribution is -2.46. The molecule has 2 rings (SSSR count). The molecule has 0 saturated heterocycles. The van der Waals surface area contributed by atoms with Crippen LogP contribution in [0.25, 0.3) is 11.6 Å². The van der Waals surface area contributed by atoms with Crippen molar-refractivity contribution in [3.63, 3.8) is 0 Å². The van der Waals surface area contributed by atoms with Gasteiger partial charge in [-0.3, -0.25) is 16.0 Å². The summed E-state index contributed by atoms with van der Waals surface area (Å²) in [4.78, 5) is 4.82. The summed E-state index contributed by atoms with van der Waals surface area (Å²) >= 11 is 10.2. The maximum atomic E-state index is 5.22. The van der Waals surface area contributed by atoms with Gasteiger partial charge < -0.3 is 9.73 Å². The SMILES string of the molecule is C=CCNC(=S)NNC(=S)Cc1nc(-c2ccco2)n[nH]1. The molecule has 9 heteroatoms. The molecule has 0 atom stereocenters. The Bertz CT molecular complexity index is 621. The third kappa shape index (κ3) is 4.65. The predicted octanol–water partition coefficient (Wildman–Crippen LogP) is 1.09. The van der Waals surface area contributed by atoms with Crippen molar-refractivity contribution in [1.29, 1.82) is 0 Å². The molecule has 0 radical (unpaired) electrons. The normalized spacial score (nSPS) is 9.90. The van der Waals surface area contributed by atoms with E-state index in [4.69, 9.17) is 28.9 Å². The highest BCUT2D eigenvalue weighted by Gasteiger charge is 2.09. The first-order chi connectivity index (χ1) is 10.2. The maximum Gasteiger partial charge on any atom is 0.216 e. The van der Waals surface area contributed by atoms with Gasteiger partial charge in [-0.15, -0.1) is 6.58 Å². The first-order valence-corrected chi connectivity index (χ1v) is 6.89. The summed E-state index contributed by atoms with van der Waals surface area (Å²) in [6.07, 6.45) is 3.68. The molecule has 0 bridgehead atoms. The Morgan fingerprint density at radius 1 is 1.43 bits per heavy atom. The van der Waals surface area contributed by atoms with Crippen LogP contribution in [0.15, 0.2) is 35.5 Å². The monoisotopic (exact) mass is 322 g/mol. The Morgan fingerprint density at radius 2 is 2.29 bits per heavy atom. The molecule has 0 aliphatic heterocycles. The van der Waals surface area contributed by atoms with Crippen LogP contribution in [-0.4, -0.2) is 31.8 Å². The number of nitrogens with zero attached hydrogens (tertiary/aromatic N) is 2. The van der Waals surface area contributed by atoms with Crippen molar-refractivity contribution in [2.24, 2.45) is 0 Å². The number of furan rings is 1. The first kappa shape index (κ1) is 15.1. The molecule has 0 spiro atoms. The molecule has 110 valence electrons. The molecule has 0 saturated carbocycles. The van der Waals surface area contributed by atoms with Crippen LogP contribution >= 0.6 is 24.4 Å². The van der Waals surface area contributed by atoms with E-state index in [2.05, 4.69) is 37.9 Å². The summed E-state index contributed by atoms with van der Waals surface area (Å²) in [5, 5.41) is 10.2. The second kappa shape index (κ2) is 7.50. The highest BCUT2D eigenvalue weighted by molar-refractivity contribution is 7.80. The van der Waals surface area contributed by atoms with Crippen molar-refractivity contribution in [2.75, 3.05) is 6.54 Å². The second-order valence-electron chi connectivity index (χ2n) is 3.93. The molecule has 21 heavy (non-hydrogen) atoms. The molecule has 0 aliphatic carbocycles. The van der Waals surface area contributed by atoms with Gasteiger partial charge in [0.25, 0.3) is 0 Å². The predicted molar refractivity (Wildman–Crippen MR) is 87.5 cm³/mol. The van der Waals surface area contributed by atoms with E-state index in [1.54, 1.807) is 24.5 Å². The lowest BCUT2D eigenvalue weighted by molar-refractivity contribution is 0.577. The van der Waals surface area contributed by atoms with Crippen molar-refractivity contribution in [1.82, 2.24) is 31.3 Å². The third-order valence-corrected chi connectivity index (χ3v) is 2.82. The van der Waals surface area contributed by atoms with Crippen LogP contribution in [-0.2, 0) is 6.42 Å². The number of hydrogen-bond acceptors (Lipinski definition) is 5. The highest BCUT2D eigenvalue weighted by Crippen LogP contribution is 2.14. The number of H-pyrrole nitrogens is 1. The molecule has 2 aromatic heterocycles. The van der Waals surface area contributed by atoms with Gasteiger partial charge in [-0.2, -0.15) is 5.10 Å². The molecule has 0 aliphatic rings. The van der Waals surface area contributed by atoms with Crippen LogP contribution in [0.5, 0.6) is 0 Å². The fraction of sp³-hybridized carbons (Fsp3) is 0.167. The maximum absolute atomic E-state index is 5.22. The van der Waals surface area contributed by atoms with Gasteiger partial charge in [0, 0.05) is 6.54 Å². The molecular weight excluding hydrogens is 308 g/mol. The summed E-state index contributed by atoms with van der Waals surface area (Å²) < 4.78 is 5.22. The van der Waals surface area contributed by atoms with E-state index >= 15 is 0 Å². The third-order valence-electron chi connectivity index (χ3n) is 2.32. The zero-order chi connectivity index (χ0) is 15.1. The van der Waals surface area contributed by atoms with Gasteiger partial charge >= 0.3 is 0 Å². The zero-order valence-corrected chi connectivity index (χ0v) is 12.7. The average molecular weight is 322 g/mol. The van der Waals surface area contributed by atoms with Crippen molar-refractivity contribution >= 4 is 34.5 Å². The van der Waals surface area contributed by atoms with Gasteiger partial charge in [0.1, 0.15) is 10.8 Å². The Balaban J connectivity index is 1.80. The Hall–Kier alpha value is -2.26. The largest absolute Gasteiger partial charge is 0.461 e. The van der Waals surface area contributed by atoms with Crippen molar-refractivity contribution in [2.45, 2.75) is 6.42 Å². The molecular formula is C12H14N6OS2. The van der Waals surface area contributed by atoms with E-state index in [1.807, 2.05) is 0 Å². The van der Waals surface area contributed by atoms with Crippen molar-refractivity contribution < 1.29 is 4.42 Å². The molecule has 0 amide bonds. The Morgan fingerprint density at radius 3 is 3.00 bits per heavy atom. The van der Waals surface area contributed by atoms with Gasteiger partial charge in [-0.1, -0.05) is 18.3 Å². The lowest BCUT2D eigenvalue weighted by atomic mass is 10.4. The fourth-order valence-corrected chi connectivity index (χ4v) is 1.74. The lowest BCUT2D eigenvalue weighted by Gasteiger charge is -2.11. The number of thiocarbonyl (C=S) groups is 2. The number of rotatable bonds is 5. The summed E-state index contributed by atoms with van der Waals surface area (Å²) in [6.45, 7) is 4.16. The molecule has 0 fully saturated rings. The zero-order valence-electron chi connectivity index (χ0n) is 11.0. The average Bonchev–Trinajstić information content (AvgIpc) is 3.13. The number of nitrogens with one attached hydrogen (secondary N) is 4. The van der Waals surface area contributed by atoms with Crippen LogP contribution in [0, 0.1) is 0 Å². The van der Waals surface area contributed by atoms with Crippen LogP contribution in [0.3, 0.4) is 0 Å². The number of hydrogen-bond donors (Lipinski definition) is 4. The molecule has 0 unspecified atom stereocenters. The Kier molecular flexibility index (Phi) is 5.41. The van der Waals surface area contributed by atoms with E-state index in [0.29, 0.717) is 40.5 Å². The topological polar surface area (TPSA) is 90.8 Å². The van der Waals surface area contributed by atoms with Crippen LogP contribution in [0.4, 0.5) is 0 Å². The van der Waals surface area contributed by atoms with E-state index in [0.717, 1.165) is 0 Å². The van der Waals surface area contributed by atoms with Gasteiger partial charge in [-0.05, 0) is 24.4 Å². The van der Waals surface area contributed by atoms with Gasteiger partial charge in [0.2, 0.25) is 5.82 Å². The minimum absolute atomic E-state index is 0.403. The first-order valence-electron chi connectivity index (χ1n) is 6.08. The minimum Gasteiger partial charge on any atom is -0.461 e. The van der Waals surface area contributed by atoms with Gasteiger partial charge in [0.15, 0.2) is 10.9 Å². The minimum atomic E-state index is 0.403. The summed E-state index contributed by atoms with van der Waals surface area (Å²) in [6, 6.07) is 3.56. The molecule has 2 aromatic rings. The van der Waals surface area contributed by atoms with E-state index < -0.39 is 0 Å². The summed E-state index contributed by atoms with van der Waals surface area (Å²) in [5.74, 6) is 1.73. The molecule has 2 heterocycles. The summed E-state index contributed by atoms with van der Waals surface area (Å²) in [5.41, 5.74) is 5.59. The molecule has 0 aromatic carbocycles. The van der Waals surface area contributed by atoms with E-state index in [1.165, 1.54) is 0 Å². The van der Waals surface area contributed by atoms with Gasteiger partial charge in [-0.25, -0.2) is 4.98 Å². The van der Waals surface area contributed by atoms with Crippen molar-refractivity contribution in [3.05, 3.63) is 36.9 Å². The van der Waals surface area contributed by atoms with E-state index in [9.17, 15) is 0 Å². The van der Waals surface area contributed by atoms with Gasteiger partial charge in [0.05, 0.1) is 12.7 Å². The number of hydrazine groups is 1. The molecule has 7 nitrogen and oxygen atoms in total. The number of aromatic nitrogens is 3. The van der Waals surface area contributed by atoms with Crippen LogP contribution in [0.1, 0.15) is 5.82 Å². The molecule has 4 N–H and O–H groups in total. The van der Waals surface area contributed by atoms with Crippen molar-refractivity contribution in [3.8, 4) is 11.6 Å². The summed E-state index contributed by atoms with van der Waals surface area (Å²) in [7, 11) is 0. The smallest absolute Gasteiger partial charge is 0.216 e.